The van der Waals surface area contributed by atoms with Crippen LogP contribution in [0.1, 0.15) is 12.8 Å². The van der Waals surface area contributed by atoms with Gasteiger partial charge >= 0.3 is 0 Å². The summed E-state index contributed by atoms with van der Waals surface area (Å²) in [7, 11) is 1.51. The third kappa shape index (κ3) is 3.08. The predicted molar refractivity (Wildman–Crippen MR) is 88.3 cm³/mol. The monoisotopic (exact) mass is 328 g/mol. The molecule has 5 nitrogen and oxygen atoms in total. The molecule has 24 heavy (non-hydrogen) atoms. The number of nitrogens with one attached hydrogen (secondary N) is 2. The minimum absolute atomic E-state index is 0.369. The number of halogens is 1. The Morgan fingerprint density at radius 3 is 2.25 bits per heavy atom. The van der Waals surface area contributed by atoms with Gasteiger partial charge in [0.1, 0.15) is 17.0 Å². The molecule has 0 saturated heterocycles. The van der Waals surface area contributed by atoms with Gasteiger partial charge in [0.15, 0.2) is 0 Å². The SMILES string of the molecule is COc1ccccc1NC(=O)C1(C(=O)Nc2ccc(F)cc2)CC1. The molecule has 0 aliphatic heterocycles. The van der Waals surface area contributed by atoms with Crippen molar-refractivity contribution in [3.63, 3.8) is 0 Å². The van der Waals surface area contributed by atoms with E-state index in [4.69, 9.17) is 4.74 Å². The van der Waals surface area contributed by atoms with Gasteiger partial charge in [-0.15, -0.1) is 0 Å². The lowest BCUT2D eigenvalue weighted by molar-refractivity contribution is -0.131. The van der Waals surface area contributed by atoms with Crippen molar-refractivity contribution in [3.8, 4) is 5.75 Å². The van der Waals surface area contributed by atoms with E-state index in [-0.39, 0.29) is 17.6 Å². The van der Waals surface area contributed by atoms with Crippen molar-refractivity contribution < 1.29 is 18.7 Å². The van der Waals surface area contributed by atoms with Gasteiger partial charge in [-0.2, -0.15) is 0 Å². The van der Waals surface area contributed by atoms with Crippen LogP contribution in [0.2, 0.25) is 0 Å². The molecule has 2 aromatic carbocycles. The van der Waals surface area contributed by atoms with E-state index in [1.165, 1.54) is 31.4 Å². The summed E-state index contributed by atoms with van der Waals surface area (Å²) < 4.78 is 18.1. The summed E-state index contributed by atoms with van der Waals surface area (Å²) in [5.41, 5.74) is -0.112. The number of benzene rings is 2. The first-order valence-corrected chi connectivity index (χ1v) is 7.57. The maximum atomic E-state index is 12.9. The molecule has 2 amide bonds. The Balaban J connectivity index is 1.71. The van der Waals surface area contributed by atoms with Crippen LogP contribution in [0.25, 0.3) is 0 Å². The Bertz CT molecular complexity index is 770. The highest BCUT2D eigenvalue weighted by Crippen LogP contribution is 2.47. The molecule has 1 saturated carbocycles. The number of hydrogen-bond acceptors (Lipinski definition) is 3. The summed E-state index contributed by atoms with van der Waals surface area (Å²) in [6, 6.07) is 12.4. The molecule has 2 N–H and O–H groups in total. The highest BCUT2D eigenvalue weighted by atomic mass is 19.1. The zero-order valence-corrected chi connectivity index (χ0v) is 13.1. The second-order valence-corrected chi connectivity index (χ2v) is 5.70. The molecular weight excluding hydrogens is 311 g/mol. The molecule has 0 unspecified atom stereocenters. The molecule has 1 fully saturated rings. The summed E-state index contributed by atoms with van der Waals surface area (Å²) in [4.78, 5) is 25.0. The Morgan fingerprint density at radius 2 is 1.62 bits per heavy atom. The van der Waals surface area contributed by atoms with E-state index in [1.807, 2.05) is 0 Å². The molecule has 0 radical (unpaired) electrons. The van der Waals surface area contributed by atoms with Crippen LogP contribution in [-0.4, -0.2) is 18.9 Å². The largest absolute Gasteiger partial charge is 0.495 e. The maximum Gasteiger partial charge on any atom is 0.240 e. The van der Waals surface area contributed by atoms with E-state index in [0.29, 0.717) is 30.0 Å². The average molecular weight is 328 g/mol. The Kier molecular flexibility index (Phi) is 4.20. The minimum atomic E-state index is -1.09. The lowest BCUT2D eigenvalue weighted by Crippen LogP contribution is -2.35. The number of methoxy groups -OCH3 is 1. The first-order valence-electron chi connectivity index (χ1n) is 7.57. The van der Waals surface area contributed by atoms with Crippen molar-refractivity contribution in [1.29, 1.82) is 0 Å². The molecule has 6 heteroatoms. The van der Waals surface area contributed by atoms with Crippen molar-refractivity contribution in [3.05, 3.63) is 54.3 Å². The number of rotatable bonds is 5. The van der Waals surface area contributed by atoms with Gasteiger partial charge in [0, 0.05) is 5.69 Å². The maximum absolute atomic E-state index is 12.9. The molecule has 1 aliphatic carbocycles. The molecule has 0 aromatic heterocycles. The summed E-state index contributed by atoms with van der Waals surface area (Å²) in [6.45, 7) is 0. The second kappa shape index (κ2) is 6.31. The Labute approximate surface area is 138 Å². The van der Waals surface area contributed by atoms with E-state index >= 15 is 0 Å². The number of ether oxygens (including phenoxy) is 1. The van der Waals surface area contributed by atoms with Crippen LogP contribution in [0.15, 0.2) is 48.5 Å². The fourth-order valence-corrected chi connectivity index (χ4v) is 2.46. The van der Waals surface area contributed by atoms with Gasteiger partial charge in [-0.3, -0.25) is 9.59 Å². The van der Waals surface area contributed by atoms with Crippen molar-refractivity contribution in [2.45, 2.75) is 12.8 Å². The zero-order chi connectivity index (χ0) is 17.2. The number of hydrogen-bond donors (Lipinski definition) is 2. The number of para-hydroxylation sites is 2. The zero-order valence-electron chi connectivity index (χ0n) is 13.1. The molecule has 3 rings (SSSR count). The van der Waals surface area contributed by atoms with Gasteiger partial charge in [0.05, 0.1) is 12.8 Å². The normalized spacial score (nSPS) is 14.6. The molecule has 2 aromatic rings. The van der Waals surface area contributed by atoms with E-state index < -0.39 is 5.41 Å². The molecule has 0 spiro atoms. The molecular formula is C18H17FN2O3. The fourth-order valence-electron chi connectivity index (χ4n) is 2.46. The van der Waals surface area contributed by atoms with Crippen LogP contribution in [0.3, 0.4) is 0 Å². The van der Waals surface area contributed by atoms with E-state index in [1.54, 1.807) is 24.3 Å². The van der Waals surface area contributed by atoms with Crippen molar-refractivity contribution >= 4 is 23.2 Å². The van der Waals surface area contributed by atoms with Crippen LogP contribution in [-0.2, 0) is 9.59 Å². The second-order valence-electron chi connectivity index (χ2n) is 5.70. The van der Waals surface area contributed by atoms with Crippen molar-refractivity contribution in [2.75, 3.05) is 17.7 Å². The summed E-state index contributed by atoms with van der Waals surface area (Å²) in [5, 5.41) is 5.42. The molecule has 1 aliphatic rings. The van der Waals surface area contributed by atoms with Crippen LogP contribution >= 0.6 is 0 Å². The van der Waals surface area contributed by atoms with E-state index in [0.717, 1.165) is 0 Å². The molecule has 124 valence electrons. The quantitative estimate of drug-likeness (QED) is 0.828. The third-order valence-corrected chi connectivity index (χ3v) is 4.08. The van der Waals surface area contributed by atoms with Gasteiger partial charge in [0.25, 0.3) is 0 Å². The van der Waals surface area contributed by atoms with E-state index in [2.05, 4.69) is 10.6 Å². The lowest BCUT2D eigenvalue weighted by Gasteiger charge is -2.16. The Hall–Kier alpha value is -2.89. The first kappa shape index (κ1) is 16.0. The average Bonchev–Trinajstić information content (AvgIpc) is 3.39. The molecule has 0 heterocycles. The Morgan fingerprint density at radius 1 is 1.00 bits per heavy atom. The highest BCUT2D eigenvalue weighted by Gasteiger charge is 2.56. The van der Waals surface area contributed by atoms with Crippen LogP contribution < -0.4 is 15.4 Å². The number of amides is 2. The van der Waals surface area contributed by atoms with Gasteiger partial charge in [-0.1, -0.05) is 12.1 Å². The predicted octanol–water partition coefficient (Wildman–Crippen LogP) is 3.19. The van der Waals surface area contributed by atoms with Gasteiger partial charge in [-0.05, 0) is 49.2 Å². The summed E-state index contributed by atoms with van der Waals surface area (Å²) in [6.07, 6.45) is 0.946. The topological polar surface area (TPSA) is 67.4 Å². The molecule has 0 atom stereocenters. The van der Waals surface area contributed by atoms with Gasteiger partial charge in [0.2, 0.25) is 11.8 Å². The smallest absolute Gasteiger partial charge is 0.240 e. The summed E-state index contributed by atoms with van der Waals surface area (Å²) in [5.74, 6) is -0.614. The van der Waals surface area contributed by atoms with Crippen molar-refractivity contribution in [1.82, 2.24) is 0 Å². The van der Waals surface area contributed by atoms with E-state index in [9.17, 15) is 14.0 Å². The first-order chi connectivity index (χ1) is 11.5. The van der Waals surface area contributed by atoms with Crippen LogP contribution in [0.4, 0.5) is 15.8 Å². The van der Waals surface area contributed by atoms with Gasteiger partial charge in [-0.25, -0.2) is 4.39 Å². The molecule has 0 bridgehead atoms. The third-order valence-electron chi connectivity index (χ3n) is 4.08. The number of carbonyl (C=O) groups excluding carboxylic acids is 2. The highest BCUT2D eigenvalue weighted by molar-refractivity contribution is 6.17. The minimum Gasteiger partial charge on any atom is -0.495 e. The number of anilines is 2. The standard InChI is InChI=1S/C18H17FN2O3/c1-24-15-5-3-2-4-14(15)21-17(23)18(10-11-18)16(22)20-13-8-6-12(19)7-9-13/h2-9H,10-11H2,1H3,(H,20,22)(H,21,23). The lowest BCUT2D eigenvalue weighted by atomic mass is 10.0. The number of carbonyl (C=O) groups is 2. The van der Waals surface area contributed by atoms with Crippen molar-refractivity contribution in [2.24, 2.45) is 5.41 Å². The van der Waals surface area contributed by atoms with Crippen LogP contribution in [0.5, 0.6) is 5.75 Å². The summed E-state index contributed by atoms with van der Waals surface area (Å²) >= 11 is 0. The fraction of sp³-hybridized carbons (Fsp3) is 0.222. The van der Waals surface area contributed by atoms with Gasteiger partial charge < -0.3 is 15.4 Å². The van der Waals surface area contributed by atoms with Crippen LogP contribution in [0, 0.1) is 11.2 Å².